The first-order valence-electron chi connectivity index (χ1n) is 9.10. The van der Waals surface area contributed by atoms with Gasteiger partial charge in [0.1, 0.15) is 5.76 Å². The summed E-state index contributed by atoms with van der Waals surface area (Å²) >= 11 is 0. The Bertz CT molecular complexity index is 632. The fourth-order valence-corrected chi connectivity index (χ4v) is 4.59. The summed E-state index contributed by atoms with van der Waals surface area (Å²) in [5, 5.41) is 0. The maximum Gasteiger partial charge on any atom is 0.117 e. The van der Waals surface area contributed by atoms with E-state index in [-0.39, 0.29) is 0 Å². The number of nitrogens with zero attached hydrogens (tertiary/aromatic N) is 3. The third-order valence-electron chi connectivity index (χ3n) is 6.10. The summed E-state index contributed by atoms with van der Waals surface area (Å²) in [6.45, 7) is 4.31. The van der Waals surface area contributed by atoms with Crippen LogP contribution in [0.25, 0.3) is 0 Å². The highest BCUT2D eigenvalue weighted by molar-refractivity contribution is 5.07. The number of pyridine rings is 1. The Morgan fingerprint density at radius 3 is 2.71 bits per heavy atom. The Kier molecular flexibility index (Phi) is 4.42. The Morgan fingerprint density at radius 1 is 1.21 bits per heavy atom. The summed E-state index contributed by atoms with van der Waals surface area (Å²) in [6, 6.07) is 11.0. The Balaban J connectivity index is 1.32. The van der Waals surface area contributed by atoms with Crippen LogP contribution in [0.1, 0.15) is 37.1 Å². The number of furan rings is 1. The molecule has 4 nitrogen and oxygen atoms in total. The third-order valence-corrected chi connectivity index (χ3v) is 6.10. The average Bonchev–Trinajstić information content (AvgIpc) is 3.08. The van der Waals surface area contributed by atoms with E-state index in [9.17, 15) is 0 Å². The van der Waals surface area contributed by atoms with Gasteiger partial charge in [-0.05, 0) is 75.5 Å². The van der Waals surface area contributed by atoms with Crippen molar-refractivity contribution in [2.45, 2.75) is 44.8 Å². The van der Waals surface area contributed by atoms with Crippen LogP contribution in [-0.4, -0.2) is 41.0 Å². The highest BCUT2D eigenvalue weighted by atomic mass is 16.3. The molecule has 2 aromatic heterocycles. The molecule has 24 heavy (non-hydrogen) atoms. The molecule has 0 unspecified atom stereocenters. The molecule has 1 aliphatic carbocycles. The minimum atomic E-state index is 0.530. The van der Waals surface area contributed by atoms with Crippen LogP contribution in [0.3, 0.4) is 0 Å². The van der Waals surface area contributed by atoms with E-state index in [1.807, 2.05) is 18.3 Å². The summed E-state index contributed by atoms with van der Waals surface area (Å²) in [5.74, 6) is 1.08. The SMILES string of the molecule is CN(Cc1ccco1)[C@H]1CCC12CCN(Cc1ccccn1)CC2. The molecule has 2 fully saturated rings. The van der Waals surface area contributed by atoms with Crippen molar-refractivity contribution < 1.29 is 4.42 Å². The van der Waals surface area contributed by atoms with Gasteiger partial charge in [0.15, 0.2) is 0 Å². The molecule has 1 atom stereocenters. The van der Waals surface area contributed by atoms with Crippen LogP contribution < -0.4 is 0 Å². The van der Waals surface area contributed by atoms with Crippen molar-refractivity contribution in [2.24, 2.45) is 5.41 Å². The molecule has 0 bridgehead atoms. The molecule has 1 saturated heterocycles. The highest BCUT2D eigenvalue weighted by Gasteiger charge is 2.49. The second-order valence-corrected chi connectivity index (χ2v) is 7.51. The van der Waals surface area contributed by atoms with Crippen molar-refractivity contribution >= 4 is 0 Å². The Labute approximate surface area is 144 Å². The van der Waals surface area contributed by atoms with Gasteiger partial charge in [-0.15, -0.1) is 0 Å². The monoisotopic (exact) mass is 325 g/mol. The van der Waals surface area contributed by atoms with Gasteiger partial charge < -0.3 is 4.42 Å². The molecule has 2 aromatic rings. The van der Waals surface area contributed by atoms with Crippen molar-refractivity contribution in [1.29, 1.82) is 0 Å². The molecular weight excluding hydrogens is 298 g/mol. The number of hydrogen-bond acceptors (Lipinski definition) is 4. The van der Waals surface area contributed by atoms with Crippen molar-refractivity contribution in [3.8, 4) is 0 Å². The van der Waals surface area contributed by atoms with Crippen molar-refractivity contribution in [1.82, 2.24) is 14.8 Å². The molecule has 128 valence electrons. The average molecular weight is 325 g/mol. The minimum absolute atomic E-state index is 0.530. The summed E-state index contributed by atoms with van der Waals surface area (Å²) in [7, 11) is 2.26. The number of piperidine rings is 1. The maximum absolute atomic E-state index is 5.53. The first-order valence-corrected chi connectivity index (χ1v) is 9.10. The van der Waals surface area contributed by atoms with Crippen LogP contribution in [0.15, 0.2) is 47.2 Å². The van der Waals surface area contributed by atoms with Gasteiger partial charge in [0.05, 0.1) is 18.5 Å². The molecule has 1 spiro atoms. The first kappa shape index (κ1) is 15.9. The van der Waals surface area contributed by atoms with Gasteiger partial charge in [-0.25, -0.2) is 0 Å². The van der Waals surface area contributed by atoms with Crippen LogP contribution in [0, 0.1) is 5.41 Å². The number of rotatable bonds is 5. The molecule has 0 amide bonds. The van der Waals surface area contributed by atoms with Crippen LogP contribution in [0.2, 0.25) is 0 Å². The lowest BCUT2D eigenvalue weighted by molar-refractivity contribution is -0.0649. The summed E-state index contributed by atoms with van der Waals surface area (Å²) < 4.78 is 5.53. The number of likely N-dealkylation sites (tertiary alicyclic amines) is 1. The predicted octanol–water partition coefficient (Wildman–Crippen LogP) is 3.55. The lowest BCUT2D eigenvalue weighted by Crippen LogP contribution is -2.57. The van der Waals surface area contributed by atoms with Gasteiger partial charge in [0.2, 0.25) is 0 Å². The molecule has 3 heterocycles. The van der Waals surface area contributed by atoms with E-state index in [2.05, 4.69) is 40.0 Å². The standard InChI is InChI=1S/C20H27N3O/c1-22(16-18-6-4-14-24-18)19-7-8-20(19)9-12-23(13-10-20)15-17-5-2-3-11-21-17/h2-6,11,14,19H,7-10,12-13,15-16H2,1H3/t19-/m0/s1. The molecule has 2 aliphatic rings. The zero-order valence-corrected chi connectivity index (χ0v) is 14.5. The van der Waals surface area contributed by atoms with E-state index in [0.717, 1.165) is 18.8 Å². The van der Waals surface area contributed by atoms with E-state index >= 15 is 0 Å². The lowest BCUT2D eigenvalue weighted by atomic mass is 9.58. The summed E-state index contributed by atoms with van der Waals surface area (Å²) in [6.07, 6.45) is 9.01. The quantitative estimate of drug-likeness (QED) is 0.841. The minimum Gasteiger partial charge on any atom is -0.468 e. The summed E-state index contributed by atoms with van der Waals surface area (Å²) in [4.78, 5) is 9.54. The van der Waals surface area contributed by atoms with E-state index < -0.39 is 0 Å². The van der Waals surface area contributed by atoms with Crippen LogP contribution in [0.5, 0.6) is 0 Å². The molecule has 0 aromatic carbocycles. The van der Waals surface area contributed by atoms with Gasteiger partial charge in [0, 0.05) is 18.8 Å². The summed E-state index contributed by atoms with van der Waals surface area (Å²) in [5.41, 5.74) is 1.72. The van der Waals surface area contributed by atoms with Crippen molar-refractivity contribution in [2.75, 3.05) is 20.1 Å². The second kappa shape index (κ2) is 6.69. The van der Waals surface area contributed by atoms with Crippen molar-refractivity contribution in [3.63, 3.8) is 0 Å². The third kappa shape index (κ3) is 3.13. The Morgan fingerprint density at radius 2 is 2.08 bits per heavy atom. The topological polar surface area (TPSA) is 32.5 Å². The molecular formula is C20H27N3O. The zero-order chi connectivity index (χ0) is 16.4. The van der Waals surface area contributed by atoms with E-state index in [1.54, 1.807) is 6.26 Å². The Hall–Kier alpha value is -1.65. The number of hydrogen-bond donors (Lipinski definition) is 0. The normalized spacial score (nSPS) is 23.5. The van der Waals surface area contributed by atoms with Gasteiger partial charge in [-0.2, -0.15) is 0 Å². The van der Waals surface area contributed by atoms with Gasteiger partial charge in [0.25, 0.3) is 0 Å². The number of aromatic nitrogens is 1. The first-order chi connectivity index (χ1) is 11.8. The smallest absolute Gasteiger partial charge is 0.117 e. The van der Waals surface area contributed by atoms with Gasteiger partial charge >= 0.3 is 0 Å². The highest BCUT2D eigenvalue weighted by Crippen LogP contribution is 2.51. The maximum atomic E-state index is 5.53. The zero-order valence-electron chi connectivity index (χ0n) is 14.5. The van der Waals surface area contributed by atoms with Gasteiger partial charge in [-0.1, -0.05) is 6.07 Å². The van der Waals surface area contributed by atoms with Crippen LogP contribution in [-0.2, 0) is 13.1 Å². The predicted molar refractivity (Wildman–Crippen MR) is 94.4 cm³/mol. The molecule has 4 rings (SSSR count). The molecule has 4 heteroatoms. The van der Waals surface area contributed by atoms with E-state index in [4.69, 9.17) is 4.42 Å². The molecule has 0 radical (unpaired) electrons. The molecule has 0 N–H and O–H groups in total. The largest absolute Gasteiger partial charge is 0.468 e. The van der Waals surface area contributed by atoms with Crippen LogP contribution >= 0.6 is 0 Å². The molecule has 1 saturated carbocycles. The van der Waals surface area contributed by atoms with E-state index in [1.165, 1.54) is 44.5 Å². The van der Waals surface area contributed by atoms with Gasteiger partial charge in [-0.3, -0.25) is 14.8 Å². The molecule has 1 aliphatic heterocycles. The van der Waals surface area contributed by atoms with E-state index in [0.29, 0.717) is 11.5 Å². The fourth-order valence-electron chi connectivity index (χ4n) is 4.59. The van der Waals surface area contributed by atoms with Crippen molar-refractivity contribution in [3.05, 3.63) is 54.2 Å². The fraction of sp³-hybridized carbons (Fsp3) is 0.550. The lowest BCUT2D eigenvalue weighted by Gasteiger charge is -2.57. The van der Waals surface area contributed by atoms with Crippen LogP contribution in [0.4, 0.5) is 0 Å². The second-order valence-electron chi connectivity index (χ2n) is 7.51.